The van der Waals surface area contributed by atoms with Crippen LogP contribution in [0.3, 0.4) is 0 Å². The molecule has 160 valence electrons. The number of carbonyl (C=O) groups excluding carboxylic acids is 1. The Kier molecular flexibility index (Phi) is 5.79. The van der Waals surface area contributed by atoms with Crippen LogP contribution in [0.2, 0.25) is 0 Å². The van der Waals surface area contributed by atoms with Crippen molar-refractivity contribution in [2.75, 3.05) is 25.5 Å². The molecular formula is C21H27N5O3S. The van der Waals surface area contributed by atoms with E-state index in [0.29, 0.717) is 25.0 Å². The number of likely N-dealkylation sites (tertiary alicyclic amines) is 1. The molecule has 2 aliphatic heterocycles. The molecule has 1 aliphatic carbocycles. The third kappa shape index (κ3) is 3.99. The Bertz CT molecular complexity index is 899. The van der Waals surface area contributed by atoms with Gasteiger partial charge < -0.3 is 14.4 Å². The molecule has 2 aromatic rings. The zero-order chi connectivity index (χ0) is 20.3. The van der Waals surface area contributed by atoms with Crippen molar-refractivity contribution in [3.63, 3.8) is 0 Å². The van der Waals surface area contributed by atoms with E-state index in [2.05, 4.69) is 21.6 Å². The predicted molar refractivity (Wildman–Crippen MR) is 112 cm³/mol. The van der Waals surface area contributed by atoms with Crippen molar-refractivity contribution >= 4 is 17.7 Å². The molecule has 1 saturated heterocycles. The van der Waals surface area contributed by atoms with E-state index >= 15 is 0 Å². The summed E-state index contributed by atoms with van der Waals surface area (Å²) >= 11 is 1.45. The second-order valence-corrected chi connectivity index (χ2v) is 9.08. The summed E-state index contributed by atoms with van der Waals surface area (Å²) in [4.78, 5) is 15.1. The average molecular weight is 430 g/mol. The number of aromatic nitrogens is 4. The van der Waals surface area contributed by atoms with Gasteiger partial charge in [0.05, 0.1) is 31.1 Å². The molecule has 0 N–H and O–H groups in total. The molecule has 2 fully saturated rings. The predicted octanol–water partition coefficient (Wildman–Crippen LogP) is 3.41. The summed E-state index contributed by atoms with van der Waals surface area (Å²) in [5.74, 6) is 2.07. The van der Waals surface area contributed by atoms with Crippen LogP contribution >= 0.6 is 11.8 Å². The zero-order valence-corrected chi connectivity index (χ0v) is 17.9. The minimum absolute atomic E-state index is 0.0843. The molecule has 0 bridgehead atoms. The molecule has 1 aromatic heterocycles. The van der Waals surface area contributed by atoms with Crippen molar-refractivity contribution in [2.24, 2.45) is 0 Å². The van der Waals surface area contributed by atoms with Gasteiger partial charge in [-0.2, -0.15) is 0 Å². The third-order valence-electron chi connectivity index (χ3n) is 6.19. The Labute approximate surface area is 180 Å². The standard InChI is InChI=1S/C21H27N5O3S/c27-20(14-30-21-22-23-24-26(21)16-5-1-2-6-16)25-10-3-7-17(25)15-8-9-18-19(13-15)29-12-4-11-28-18/h8-9,13,16-17H,1-7,10-12,14H2/t17-/m1/s1. The molecular weight excluding hydrogens is 402 g/mol. The second-order valence-electron chi connectivity index (χ2n) is 8.13. The number of amides is 1. The molecule has 5 rings (SSSR count). The Balaban J connectivity index is 1.26. The molecule has 0 radical (unpaired) electrons. The highest BCUT2D eigenvalue weighted by atomic mass is 32.2. The maximum absolute atomic E-state index is 13.1. The maximum Gasteiger partial charge on any atom is 0.233 e. The first-order valence-electron chi connectivity index (χ1n) is 10.9. The average Bonchev–Trinajstić information content (AvgIpc) is 3.51. The highest BCUT2D eigenvalue weighted by molar-refractivity contribution is 7.99. The number of fused-ring (bicyclic) bond motifs is 1. The zero-order valence-electron chi connectivity index (χ0n) is 17.0. The Morgan fingerprint density at radius 2 is 1.90 bits per heavy atom. The Morgan fingerprint density at radius 3 is 2.77 bits per heavy atom. The number of nitrogens with zero attached hydrogens (tertiary/aromatic N) is 5. The summed E-state index contributed by atoms with van der Waals surface area (Å²) in [6, 6.07) is 6.55. The fourth-order valence-electron chi connectivity index (χ4n) is 4.67. The van der Waals surface area contributed by atoms with Crippen LogP contribution in [0.5, 0.6) is 11.5 Å². The monoisotopic (exact) mass is 429 g/mol. The van der Waals surface area contributed by atoms with Crippen molar-refractivity contribution in [3.8, 4) is 11.5 Å². The van der Waals surface area contributed by atoms with E-state index in [1.54, 1.807) is 0 Å². The van der Waals surface area contributed by atoms with E-state index in [4.69, 9.17) is 9.47 Å². The van der Waals surface area contributed by atoms with Crippen LogP contribution in [-0.2, 0) is 4.79 Å². The largest absolute Gasteiger partial charge is 0.490 e. The number of thioether (sulfide) groups is 1. The van der Waals surface area contributed by atoms with Crippen LogP contribution in [0.15, 0.2) is 23.4 Å². The van der Waals surface area contributed by atoms with Gasteiger partial charge in [0, 0.05) is 13.0 Å². The maximum atomic E-state index is 13.1. The van der Waals surface area contributed by atoms with Crippen LogP contribution < -0.4 is 9.47 Å². The fraction of sp³-hybridized carbons (Fsp3) is 0.619. The molecule has 9 heteroatoms. The smallest absolute Gasteiger partial charge is 0.233 e. The van der Waals surface area contributed by atoms with Gasteiger partial charge in [0.2, 0.25) is 11.1 Å². The van der Waals surface area contributed by atoms with E-state index in [1.807, 2.05) is 21.7 Å². The van der Waals surface area contributed by atoms with Crippen molar-refractivity contribution in [1.29, 1.82) is 0 Å². The van der Waals surface area contributed by atoms with Crippen LogP contribution in [0, 0.1) is 0 Å². The topological polar surface area (TPSA) is 82.4 Å². The number of hydrogen-bond acceptors (Lipinski definition) is 7. The quantitative estimate of drug-likeness (QED) is 0.674. The first-order valence-corrected chi connectivity index (χ1v) is 11.9. The van der Waals surface area contributed by atoms with E-state index < -0.39 is 0 Å². The van der Waals surface area contributed by atoms with Gasteiger partial charge in [0.25, 0.3) is 0 Å². The molecule has 0 spiro atoms. The van der Waals surface area contributed by atoms with Gasteiger partial charge in [0.1, 0.15) is 0 Å². The Hall–Kier alpha value is -2.29. The highest BCUT2D eigenvalue weighted by Gasteiger charge is 2.31. The van der Waals surface area contributed by atoms with Crippen LogP contribution in [0.1, 0.15) is 62.6 Å². The molecule has 8 nitrogen and oxygen atoms in total. The van der Waals surface area contributed by atoms with E-state index in [0.717, 1.165) is 60.9 Å². The number of tetrazole rings is 1. The summed E-state index contributed by atoms with van der Waals surface area (Å²) in [6.07, 6.45) is 7.54. The van der Waals surface area contributed by atoms with Gasteiger partial charge in [-0.25, -0.2) is 4.68 Å². The third-order valence-corrected chi connectivity index (χ3v) is 7.11. The minimum atomic E-state index is 0.0843. The van der Waals surface area contributed by atoms with Crippen molar-refractivity contribution in [3.05, 3.63) is 23.8 Å². The fourth-order valence-corrected chi connectivity index (χ4v) is 5.50. The molecule has 3 aliphatic rings. The first kappa shape index (κ1) is 19.7. The molecule has 1 saturated carbocycles. The molecule has 3 heterocycles. The molecule has 1 aromatic carbocycles. The van der Waals surface area contributed by atoms with Crippen LogP contribution in [-0.4, -0.2) is 56.5 Å². The molecule has 30 heavy (non-hydrogen) atoms. The SMILES string of the molecule is O=C(CSc1nnnn1C1CCCC1)N1CCC[C@@H]1c1ccc2c(c1)OCCCO2. The van der Waals surface area contributed by atoms with Gasteiger partial charge in [-0.05, 0) is 53.8 Å². The van der Waals surface area contributed by atoms with Gasteiger partial charge in [-0.1, -0.05) is 30.7 Å². The molecule has 1 amide bonds. The van der Waals surface area contributed by atoms with Gasteiger partial charge in [-0.3, -0.25) is 4.79 Å². The van der Waals surface area contributed by atoms with Crippen molar-refractivity contribution in [1.82, 2.24) is 25.1 Å². The summed E-state index contributed by atoms with van der Waals surface area (Å²) < 4.78 is 13.5. The Morgan fingerprint density at radius 1 is 1.07 bits per heavy atom. The number of ether oxygens (including phenoxy) is 2. The van der Waals surface area contributed by atoms with Crippen LogP contribution in [0.4, 0.5) is 0 Å². The first-order chi connectivity index (χ1) is 14.8. The summed E-state index contributed by atoms with van der Waals surface area (Å²) in [7, 11) is 0. The van der Waals surface area contributed by atoms with E-state index in [1.165, 1.54) is 24.6 Å². The molecule has 0 unspecified atom stereocenters. The second kappa shape index (κ2) is 8.83. The number of rotatable bonds is 5. The number of carbonyl (C=O) groups is 1. The van der Waals surface area contributed by atoms with Gasteiger partial charge >= 0.3 is 0 Å². The van der Waals surface area contributed by atoms with Crippen molar-refractivity contribution in [2.45, 2.75) is 62.2 Å². The summed E-state index contributed by atoms with van der Waals surface area (Å²) in [6.45, 7) is 2.13. The van der Waals surface area contributed by atoms with Gasteiger partial charge in [-0.15, -0.1) is 5.10 Å². The lowest BCUT2D eigenvalue weighted by atomic mass is 10.0. The molecule has 1 atom stereocenters. The van der Waals surface area contributed by atoms with Crippen molar-refractivity contribution < 1.29 is 14.3 Å². The summed E-state index contributed by atoms with van der Waals surface area (Å²) in [5.41, 5.74) is 1.12. The normalized spacial score (nSPS) is 21.7. The highest BCUT2D eigenvalue weighted by Crippen LogP contribution is 2.38. The lowest BCUT2D eigenvalue weighted by Gasteiger charge is -2.25. The van der Waals surface area contributed by atoms with E-state index in [-0.39, 0.29) is 11.9 Å². The number of benzene rings is 1. The lowest BCUT2D eigenvalue weighted by molar-refractivity contribution is -0.129. The van der Waals surface area contributed by atoms with E-state index in [9.17, 15) is 4.79 Å². The summed E-state index contributed by atoms with van der Waals surface area (Å²) in [5, 5.41) is 12.9. The minimum Gasteiger partial charge on any atom is -0.490 e. The number of hydrogen-bond donors (Lipinski definition) is 0. The lowest BCUT2D eigenvalue weighted by Crippen LogP contribution is -2.32. The van der Waals surface area contributed by atoms with Crippen LogP contribution in [0.25, 0.3) is 0 Å². The van der Waals surface area contributed by atoms with Gasteiger partial charge in [0.15, 0.2) is 11.5 Å².